The number of esters is 1. The minimum Gasteiger partial charge on any atom is -0.497 e. The average molecular weight is 262 g/mol. The van der Waals surface area contributed by atoms with Gasteiger partial charge >= 0.3 is 5.97 Å². The molecule has 0 fully saturated rings. The van der Waals surface area contributed by atoms with E-state index in [1.807, 2.05) is 26.0 Å². The molecule has 2 rings (SSSR count). The summed E-state index contributed by atoms with van der Waals surface area (Å²) < 4.78 is 9.94. The monoisotopic (exact) mass is 262 g/mol. The lowest BCUT2D eigenvalue weighted by Gasteiger charge is -2.11. The zero-order valence-corrected chi connectivity index (χ0v) is 11.6. The summed E-state index contributed by atoms with van der Waals surface area (Å²) in [6.07, 6.45) is -0.949. The summed E-state index contributed by atoms with van der Waals surface area (Å²) in [6.45, 7) is 3.98. The van der Waals surface area contributed by atoms with Crippen molar-refractivity contribution in [2.75, 3.05) is 14.2 Å². The van der Waals surface area contributed by atoms with E-state index in [1.54, 1.807) is 13.2 Å². The zero-order chi connectivity index (χ0) is 14.2. The molecular weight excluding hydrogens is 244 g/mol. The molecule has 0 saturated heterocycles. The molecule has 0 bridgehead atoms. The van der Waals surface area contributed by atoms with Crippen LogP contribution in [-0.4, -0.2) is 25.3 Å². The first-order chi connectivity index (χ1) is 9.01. The third kappa shape index (κ3) is 2.12. The van der Waals surface area contributed by atoms with Crippen LogP contribution in [0.5, 0.6) is 5.75 Å². The van der Waals surface area contributed by atoms with E-state index in [9.17, 15) is 9.90 Å². The minimum atomic E-state index is -0.949. The van der Waals surface area contributed by atoms with E-state index in [0.29, 0.717) is 16.9 Å². The maximum atomic E-state index is 11.9. The van der Waals surface area contributed by atoms with Crippen molar-refractivity contribution in [3.63, 3.8) is 0 Å². The van der Waals surface area contributed by atoms with Crippen LogP contribution in [0.4, 0.5) is 0 Å². The first-order valence-electron chi connectivity index (χ1n) is 6.20. The summed E-state index contributed by atoms with van der Waals surface area (Å²) in [4.78, 5) is 11.9. The van der Waals surface area contributed by atoms with Gasteiger partial charge in [0.15, 0.2) is 0 Å². The summed E-state index contributed by atoms with van der Waals surface area (Å²) in [7, 11) is 2.89. The molecular formula is C15H18O4. The van der Waals surface area contributed by atoms with E-state index in [4.69, 9.17) is 9.47 Å². The summed E-state index contributed by atoms with van der Waals surface area (Å²) in [5.74, 6) is 0.303. The lowest BCUT2D eigenvalue weighted by molar-refractivity contribution is -0.137. The minimum absolute atomic E-state index is 0.124. The lowest BCUT2D eigenvalue weighted by Crippen LogP contribution is -2.11. The molecule has 0 aromatic heterocycles. The Balaban J connectivity index is 2.61. The van der Waals surface area contributed by atoms with Gasteiger partial charge < -0.3 is 14.6 Å². The van der Waals surface area contributed by atoms with Crippen molar-refractivity contribution in [3.8, 4) is 5.75 Å². The van der Waals surface area contributed by atoms with Crippen molar-refractivity contribution in [1.82, 2.24) is 0 Å². The molecule has 0 radical (unpaired) electrons. The van der Waals surface area contributed by atoms with Crippen LogP contribution in [0.1, 0.15) is 31.1 Å². The maximum absolute atomic E-state index is 11.9. The highest BCUT2D eigenvalue weighted by molar-refractivity contribution is 6.02. The Kier molecular flexibility index (Phi) is 3.62. The SMILES string of the molecule is COC(=O)C1=C(C(C)C)c2ccc(OC)cc2C1O. The predicted octanol–water partition coefficient (Wildman–Crippen LogP) is 2.32. The van der Waals surface area contributed by atoms with Gasteiger partial charge in [0.2, 0.25) is 0 Å². The fraction of sp³-hybridized carbons (Fsp3) is 0.400. The molecule has 0 aliphatic heterocycles. The van der Waals surface area contributed by atoms with Crippen LogP contribution >= 0.6 is 0 Å². The fourth-order valence-corrected chi connectivity index (χ4v) is 2.54. The summed E-state index contributed by atoms with van der Waals surface area (Å²) in [6, 6.07) is 5.47. The molecule has 102 valence electrons. The molecule has 19 heavy (non-hydrogen) atoms. The molecule has 1 aliphatic rings. The number of benzene rings is 1. The third-order valence-electron chi connectivity index (χ3n) is 3.39. The van der Waals surface area contributed by atoms with Crippen LogP contribution in [-0.2, 0) is 9.53 Å². The van der Waals surface area contributed by atoms with Gasteiger partial charge in [-0.1, -0.05) is 19.9 Å². The number of allylic oxidation sites excluding steroid dienone is 1. The Bertz CT molecular complexity index is 543. The Labute approximate surface area is 112 Å². The third-order valence-corrected chi connectivity index (χ3v) is 3.39. The van der Waals surface area contributed by atoms with Gasteiger partial charge in [0.25, 0.3) is 0 Å². The van der Waals surface area contributed by atoms with Crippen molar-refractivity contribution in [1.29, 1.82) is 0 Å². The summed E-state index contributed by atoms with van der Waals surface area (Å²) in [5, 5.41) is 10.4. The van der Waals surface area contributed by atoms with Gasteiger partial charge in [-0.05, 0) is 34.8 Å². The fourth-order valence-electron chi connectivity index (χ4n) is 2.54. The smallest absolute Gasteiger partial charge is 0.337 e. The normalized spacial score (nSPS) is 17.7. The number of carbonyl (C=O) groups is 1. The van der Waals surface area contributed by atoms with E-state index in [2.05, 4.69) is 0 Å². The van der Waals surface area contributed by atoms with Crippen molar-refractivity contribution < 1.29 is 19.4 Å². The number of aliphatic hydroxyl groups excluding tert-OH is 1. The van der Waals surface area contributed by atoms with Gasteiger partial charge in [0, 0.05) is 0 Å². The Morgan fingerprint density at radius 3 is 2.53 bits per heavy atom. The molecule has 1 unspecified atom stereocenters. The van der Waals surface area contributed by atoms with Gasteiger partial charge in [-0.25, -0.2) is 4.79 Å². The molecule has 1 aromatic rings. The number of ether oxygens (including phenoxy) is 2. The second kappa shape index (κ2) is 5.05. The molecule has 4 heteroatoms. The number of carbonyl (C=O) groups excluding carboxylic acids is 1. The molecule has 0 saturated carbocycles. The number of methoxy groups -OCH3 is 2. The number of hydrogen-bond donors (Lipinski definition) is 1. The number of hydrogen-bond acceptors (Lipinski definition) is 4. The Hall–Kier alpha value is -1.81. The van der Waals surface area contributed by atoms with Gasteiger partial charge in [0.1, 0.15) is 11.9 Å². The van der Waals surface area contributed by atoms with E-state index in [1.165, 1.54) is 7.11 Å². The van der Waals surface area contributed by atoms with Crippen molar-refractivity contribution >= 4 is 11.5 Å². The second-order valence-electron chi connectivity index (χ2n) is 4.83. The van der Waals surface area contributed by atoms with Crippen LogP contribution in [0.2, 0.25) is 0 Å². The zero-order valence-electron chi connectivity index (χ0n) is 11.6. The molecule has 0 spiro atoms. The molecule has 0 heterocycles. The van der Waals surface area contributed by atoms with Crippen LogP contribution in [0.25, 0.3) is 5.57 Å². The van der Waals surface area contributed by atoms with E-state index < -0.39 is 12.1 Å². The number of aliphatic hydroxyl groups is 1. The van der Waals surface area contributed by atoms with Crippen molar-refractivity contribution in [2.45, 2.75) is 20.0 Å². The van der Waals surface area contributed by atoms with Crippen LogP contribution in [0.15, 0.2) is 23.8 Å². The second-order valence-corrected chi connectivity index (χ2v) is 4.83. The Morgan fingerprint density at radius 1 is 1.32 bits per heavy atom. The first-order valence-corrected chi connectivity index (χ1v) is 6.20. The molecule has 0 amide bonds. The summed E-state index contributed by atoms with van der Waals surface area (Å²) >= 11 is 0. The first kappa shape index (κ1) is 13.6. The number of fused-ring (bicyclic) bond motifs is 1. The molecule has 1 atom stereocenters. The van der Waals surface area contributed by atoms with E-state index in [0.717, 1.165) is 11.1 Å². The molecule has 4 nitrogen and oxygen atoms in total. The quantitative estimate of drug-likeness (QED) is 0.849. The van der Waals surface area contributed by atoms with Crippen LogP contribution in [0, 0.1) is 5.92 Å². The van der Waals surface area contributed by atoms with E-state index in [-0.39, 0.29) is 5.92 Å². The standard InChI is InChI=1S/C15H18O4/c1-8(2)12-10-6-5-9(18-3)7-11(10)14(16)13(12)15(17)19-4/h5-8,14,16H,1-4H3. The topological polar surface area (TPSA) is 55.8 Å². The number of rotatable bonds is 3. The predicted molar refractivity (Wildman–Crippen MR) is 71.7 cm³/mol. The summed E-state index contributed by atoms with van der Waals surface area (Å²) in [5.41, 5.74) is 2.77. The van der Waals surface area contributed by atoms with Gasteiger partial charge in [-0.2, -0.15) is 0 Å². The van der Waals surface area contributed by atoms with Gasteiger partial charge in [-0.3, -0.25) is 0 Å². The van der Waals surface area contributed by atoms with Crippen molar-refractivity contribution in [2.24, 2.45) is 5.92 Å². The maximum Gasteiger partial charge on any atom is 0.337 e. The molecule has 1 aromatic carbocycles. The molecule has 1 N–H and O–H groups in total. The Morgan fingerprint density at radius 2 is 2.00 bits per heavy atom. The average Bonchev–Trinajstić information content (AvgIpc) is 2.70. The van der Waals surface area contributed by atoms with Gasteiger partial charge in [-0.15, -0.1) is 0 Å². The van der Waals surface area contributed by atoms with E-state index >= 15 is 0 Å². The van der Waals surface area contributed by atoms with Crippen LogP contribution in [0.3, 0.4) is 0 Å². The highest BCUT2D eigenvalue weighted by atomic mass is 16.5. The van der Waals surface area contributed by atoms with Gasteiger partial charge in [0.05, 0.1) is 19.8 Å². The highest BCUT2D eigenvalue weighted by Gasteiger charge is 2.36. The highest BCUT2D eigenvalue weighted by Crippen LogP contribution is 2.45. The van der Waals surface area contributed by atoms with Crippen molar-refractivity contribution in [3.05, 3.63) is 34.9 Å². The molecule has 1 aliphatic carbocycles. The largest absolute Gasteiger partial charge is 0.497 e. The lowest BCUT2D eigenvalue weighted by atomic mass is 9.95. The van der Waals surface area contributed by atoms with Crippen LogP contribution < -0.4 is 4.74 Å².